The SMILES string of the molecule is COC(=O)c1ccc(NC(=O)c2c(C)nn(Cc3ccccc3Cl)c2C)cc1. The van der Waals surface area contributed by atoms with E-state index in [1.807, 2.05) is 31.2 Å². The summed E-state index contributed by atoms with van der Waals surface area (Å²) in [5.41, 5.74) is 3.83. The fourth-order valence-corrected chi connectivity index (χ4v) is 3.16. The molecule has 0 radical (unpaired) electrons. The molecule has 0 bridgehead atoms. The number of hydrogen-bond acceptors (Lipinski definition) is 4. The van der Waals surface area contributed by atoms with Crippen LogP contribution in [0.3, 0.4) is 0 Å². The van der Waals surface area contributed by atoms with Gasteiger partial charge in [-0.15, -0.1) is 0 Å². The number of nitrogens with zero attached hydrogens (tertiary/aromatic N) is 2. The Morgan fingerprint density at radius 1 is 1.11 bits per heavy atom. The van der Waals surface area contributed by atoms with E-state index < -0.39 is 5.97 Å². The van der Waals surface area contributed by atoms with Gasteiger partial charge >= 0.3 is 5.97 Å². The molecule has 28 heavy (non-hydrogen) atoms. The van der Waals surface area contributed by atoms with Crippen molar-refractivity contribution < 1.29 is 14.3 Å². The van der Waals surface area contributed by atoms with Crippen molar-refractivity contribution in [2.24, 2.45) is 0 Å². The van der Waals surface area contributed by atoms with Crippen molar-refractivity contribution in [1.82, 2.24) is 9.78 Å². The van der Waals surface area contributed by atoms with Crippen molar-refractivity contribution in [3.8, 4) is 0 Å². The van der Waals surface area contributed by atoms with E-state index in [4.69, 9.17) is 11.6 Å². The number of anilines is 1. The van der Waals surface area contributed by atoms with Gasteiger partial charge in [0.05, 0.1) is 30.5 Å². The first-order valence-corrected chi connectivity index (χ1v) is 9.05. The summed E-state index contributed by atoms with van der Waals surface area (Å²) < 4.78 is 6.44. The number of aryl methyl sites for hydroxylation is 1. The third-order valence-corrected chi connectivity index (χ3v) is 4.82. The van der Waals surface area contributed by atoms with E-state index in [2.05, 4.69) is 15.2 Å². The number of hydrogen-bond donors (Lipinski definition) is 1. The lowest BCUT2D eigenvalue weighted by Crippen LogP contribution is -2.14. The van der Waals surface area contributed by atoms with Crippen molar-refractivity contribution >= 4 is 29.2 Å². The lowest BCUT2D eigenvalue weighted by Gasteiger charge is -2.08. The predicted molar refractivity (Wildman–Crippen MR) is 108 cm³/mol. The molecule has 0 spiro atoms. The van der Waals surface area contributed by atoms with Crippen LogP contribution < -0.4 is 5.32 Å². The summed E-state index contributed by atoms with van der Waals surface area (Å²) in [6, 6.07) is 14.1. The lowest BCUT2D eigenvalue weighted by molar-refractivity contribution is 0.0600. The monoisotopic (exact) mass is 397 g/mol. The molecule has 1 aromatic heterocycles. The molecule has 0 aliphatic heterocycles. The third kappa shape index (κ3) is 4.07. The van der Waals surface area contributed by atoms with Gasteiger partial charge in [-0.1, -0.05) is 29.8 Å². The standard InChI is InChI=1S/C21H20ClN3O3/c1-13-19(14(2)25(24-13)12-16-6-4-5-7-18(16)22)20(26)23-17-10-8-15(9-11-17)21(27)28-3/h4-11H,12H2,1-3H3,(H,23,26). The number of benzene rings is 2. The molecular weight excluding hydrogens is 378 g/mol. The zero-order chi connectivity index (χ0) is 20.3. The predicted octanol–water partition coefficient (Wildman–Crippen LogP) is 4.24. The van der Waals surface area contributed by atoms with E-state index in [0.717, 1.165) is 11.3 Å². The minimum absolute atomic E-state index is 0.258. The van der Waals surface area contributed by atoms with Crippen LogP contribution in [0.5, 0.6) is 0 Å². The van der Waals surface area contributed by atoms with Gasteiger partial charge in [-0.2, -0.15) is 5.10 Å². The van der Waals surface area contributed by atoms with Crippen molar-refractivity contribution in [3.63, 3.8) is 0 Å². The van der Waals surface area contributed by atoms with Crippen LogP contribution in [-0.2, 0) is 11.3 Å². The molecule has 1 N–H and O–H groups in total. The smallest absolute Gasteiger partial charge is 0.337 e. The topological polar surface area (TPSA) is 73.2 Å². The average Bonchev–Trinajstić information content (AvgIpc) is 2.96. The van der Waals surface area contributed by atoms with Crippen molar-refractivity contribution in [2.45, 2.75) is 20.4 Å². The molecule has 0 aliphatic rings. The first kappa shape index (κ1) is 19.6. The Kier molecular flexibility index (Phi) is 5.80. The molecule has 2 aromatic carbocycles. The van der Waals surface area contributed by atoms with E-state index >= 15 is 0 Å². The maximum atomic E-state index is 12.8. The number of amides is 1. The van der Waals surface area contributed by atoms with Gasteiger partial charge in [0.1, 0.15) is 0 Å². The van der Waals surface area contributed by atoms with Gasteiger partial charge in [-0.25, -0.2) is 4.79 Å². The van der Waals surface area contributed by atoms with Crippen molar-refractivity contribution in [3.05, 3.63) is 81.6 Å². The van der Waals surface area contributed by atoms with Crippen LogP contribution in [0.25, 0.3) is 0 Å². The minimum atomic E-state index is -0.426. The number of methoxy groups -OCH3 is 1. The number of carbonyl (C=O) groups excluding carboxylic acids is 2. The maximum absolute atomic E-state index is 12.8. The summed E-state index contributed by atoms with van der Waals surface area (Å²) in [5, 5.41) is 7.99. The van der Waals surface area contributed by atoms with Gasteiger partial charge in [0.15, 0.2) is 0 Å². The van der Waals surface area contributed by atoms with Crippen LogP contribution in [-0.4, -0.2) is 28.8 Å². The highest BCUT2D eigenvalue weighted by Crippen LogP contribution is 2.21. The number of aromatic nitrogens is 2. The van der Waals surface area contributed by atoms with Crippen LogP contribution in [0.4, 0.5) is 5.69 Å². The number of carbonyl (C=O) groups is 2. The molecule has 0 saturated carbocycles. The lowest BCUT2D eigenvalue weighted by atomic mass is 10.1. The number of halogens is 1. The van der Waals surface area contributed by atoms with Crippen LogP contribution in [0.15, 0.2) is 48.5 Å². The van der Waals surface area contributed by atoms with Crippen molar-refractivity contribution in [1.29, 1.82) is 0 Å². The number of rotatable bonds is 5. The van der Waals surface area contributed by atoms with Crippen LogP contribution in [0, 0.1) is 13.8 Å². The molecule has 1 amide bonds. The Morgan fingerprint density at radius 3 is 2.43 bits per heavy atom. The largest absolute Gasteiger partial charge is 0.465 e. The van der Waals surface area contributed by atoms with E-state index in [1.165, 1.54) is 7.11 Å². The van der Waals surface area contributed by atoms with Gasteiger partial charge in [-0.05, 0) is 49.7 Å². The second-order valence-electron chi connectivity index (χ2n) is 6.32. The highest BCUT2D eigenvalue weighted by molar-refractivity contribution is 6.31. The van der Waals surface area contributed by atoms with Gasteiger partial charge in [-0.3, -0.25) is 9.48 Å². The van der Waals surface area contributed by atoms with Crippen molar-refractivity contribution in [2.75, 3.05) is 12.4 Å². The zero-order valence-electron chi connectivity index (χ0n) is 15.8. The highest BCUT2D eigenvalue weighted by Gasteiger charge is 2.19. The molecule has 6 nitrogen and oxygen atoms in total. The normalized spacial score (nSPS) is 10.6. The molecule has 0 aliphatic carbocycles. The van der Waals surface area contributed by atoms with Gasteiger partial charge in [0.25, 0.3) is 5.91 Å². The quantitative estimate of drug-likeness (QED) is 0.653. The number of esters is 1. The summed E-state index contributed by atoms with van der Waals surface area (Å²) in [7, 11) is 1.32. The van der Waals surface area contributed by atoms with E-state index in [9.17, 15) is 9.59 Å². The zero-order valence-corrected chi connectivity index (χ0v) is 16.6. The first-order chi connectivity index (χ1) is 13.4. The molecular formula is C21H20ClN3O3. The molecule has 0 atom stereocenters. The van der Waals surface area contributed by atoms with E-state index in [0.29, 0.717) is 34.1 Å². The molecule has 0 fully saturated rings. The second kappa shape index (κ2) is 8.27. The van der Waals surface area contributed by atoms with Gasteiger partial charge in [0.2, 0.25) is 0 Å². The molecule has 1 heterocycles. The minimum Gasteiger partial charge on any atom is -0.465 e. The van der Waals surface area contributed by atoms with Gasteiger partial charge in [0, 0.05) is 16.4 Å². The summed E-state index contributed by atoms with van der Waals surface area (Å²) >= 11 is 6.24. The Hall–Kier alpha value is -3.12. The Morgan fingerprint density at radius 2 is 1.79 bits per heavy atom. The summed E-state index contributed by atoms with van der Waals surface area (Å²) in [6.07, 6.45) is 0. The van der Waals surface area contributed by atoms with Gasteiger partial charge < -0.3 is 10.1 Å². The van der Waals surface area contributed by atoms with Crippen LogP contribution >= 0.6 is 11.6 Å². The highest BCUT2D eigenvalue weighted by atomic mass is 35.5. The molecule has 3 rings (SSSR count). The Bertz CT molecular complexity index is 1030. The maximum Gasteiger partial charge on any atom is 0.337 e. The van der Waals surface area contributed by atoms with Crippen LogP contribution in [0.2, 0.25) is 5.02 Å². The van der Waals surface area contributed by atoms with Crippen LogP contribution in [0.1, 0.15) is 37.7 Å². The third-order valence-electron chi connectivity index (χ3n) is 4.45. The van der Waals surface area contributed by atoms with E-state index in [-0.39, 0.29) is 5.91 Å². The molecule has 3 aromatic rings. The fourth-order valence-electron chi connectivity index (χ4n) is 2.97. The Labute approximate surface area is 168 Å². The molecule has 144 valence electrons. The first-order valence-electron chi connectivity index (χ1n) is 8.68. The summed E-state index contributed by atoms with van der Waals surface area (Å²) in [6.45, 7) is 4.13. The second-order valence-corrected chi connectivity index (χ2v) is 6.73. The Balaban J connectivity index is 1.80. The summed E-state index contributed by atoms with van der Waals surface area (Å²) in [4.78, 5) is 24.3. The number of nitrogens with one attached hydrogen (secondary N) is 1. The summed E-state index contributed by atoms with van der Waals surface area (Å²) in [5.74, 6) is -0.684. The molecule has 0 unspecified atom stereocenters. The van der Waals surface area contributed by atoms with E-state index in [1.54, 1.807) is 35.9 Å². The molecule has 7 heteroatoms. The average molecular weight is 398 g/mol. The molecule has 0 saturated heterocycles. The fraction of sp³-hybridized carbons (Fsp3) is 0.190. The number of ether oxygens (including phenoxy) is 1.